The molecule has 4 rings (SSSR count). The minimum atomic E-state index is -3.29. The van der Waals surface area contributed by atoms with E-state index in [1.165, 1.54) is 12.6 Å². The van der Waals surface area contributed by atoms with Gasteiger partial charge >= 0.3 is 0 Å². The summed E-state index contributed by atoms with van der Waals surface area (Å²) in [5.74, 6) is 0.589. The van der Waals surface area contributed by atoms with Gasteiger partial charge in [-0.15, -0.1) is 0 Å². The van der Waals surface area contributed by atoms with Crippen LogP contribution in [0.25, 0.3) is 16.4 Å². The van der Waals surface area contributed by atoms with Crippen molar-refractivity contribution in [3.63, 3.8) is 0 Å². The lowest BCUT2D eigenvalue weighted by molar-refractivity contribution is 0.602. The van der Waals surface area contributed by atoms with Crippen molar-refractivity contribution in [2.75, 3.05) is 11.6 Å². The van der Waals surface area contributed by atoms with Crippen molar-refractivity contribution in [1.29, 1.82) is 0 Å². The zero-order valence-electron chi connectivity index (χ0n) is 13.4. The van der Waals surface area contributed by atoms with Crippen LogP contribution >= 0.6 is 0 Å². The molecule has 0 saturated carbocycles. The van der Waals surface area contributed by atoms with E-state index in [9.17, 15) is 8.42 Å². The molecule has 0 fully saturated rings. The second-order valence-corrected chi connectivity index (χ2v) is 7.74. The van der Waals surface area contributed by atoms with Crippen LogP contribution in [0.2, 0.25) is 0 Å². The topological polar surface area (TPSA) is 89.2 Å². The molecular formula is C17H15N5O2S. The Kier molecular flexibility index (Phi) is 3.61. The van der Waals surface area contributed by atoms with Gasteiger partial charge in [0.1, 0.15) is 12.1 Å². The van der Waals surface area contributed by atoms with E-state index in [1.54, 1.807) is 28.9 Å². The molecule has 0 aliphatic heterocycles. The molecule has 7 nitrogen and oxygen atoms in total. The molecule has 126 valence electrons. The predicted molar refractivity (Wildman–Crippen MR) is 95.2 cm³/mol. The summed E-state index contributed by atoms with van der Waals surface area (Å²) >= 11 is 0. The fourth-order valence-corrected chi connectivity index (χ4v) is 3.36. The van der Waals surface area contributed by atoms with Gasteiger partial charge in [-0.25, -0.2) is 22.9 Å². The second-order valence-electron chi connectivity index (χ2n) is 5.73. The molecule has 0 radical (unpaired) electrons. The molecule has 25 heavy (non-hydrogen) atoms. The first-order chi connectivity index (χ1) is 12.0. The monoisotopic (exact) mass is 353 g/mol. The van der Waals surface area contributed by atoms with Crippen LogP contribution in [0.15, 0.2) is 60.0 Å². The van der Waals surface area contributed by atoms with E-state index in [-0.39, 0.29) is 4.90 Å². The molecule has 0 aliphatic carbocycles. The van der Waals surface area contributed by atoms with E-state index < -0.39 is 9.84 Å². The summed E-state index contributed by atoms with van der Waals surface area (Å²) in [5.41, 5.74) is 2.71. The Morgan fingerprint density at radius 2 is 2.04 bits per heavy atom. The third-order valence-electron chi connectivity index (χ3n) is 3.99. The summed E-state index contributed by atoms with van der Waals surface area (Å²) in [5, 5.41) is 8.23. The molecule has 3 heterocycles. The van der Waals surface area contributed by atoms with Crippen LogP contribution in [-0.2, 0) is 16.4 Å². The molecule has 0 aliphatic rings. The molecular weight excluding hydrogens is 338 g/mol. The lowest BCUT2D eigenvalue weighted by Crippen LogP contribution is -2.03. The van der Waals surface area contributed by atoms with Gasteiger partial charge in [-0.1, -0.05) is 6.07 Å². The number of pyridine rings is 1. The summed E-state index contributed by atoms with van der Waals surface area (Å²) in [6.45, 7) is 0.517. The lowest BCUT2D eigenvalue weighted by Gasteiger charge is -2.09. The Balaban J connectivity index is 1.71. The Morgan fingerprint density at radius 1 is 1.16 bits per heavy atom. The zero-order valence-corrected chi connectivity index (χ0v) is 14.2. The standard InChI is InChI=1S/C17H15N5O2S/c1-25(23,24)13-5-6-15-14(8-13)17(20-11-19-15)18-9-12-10-21-22-7-3-2-4-16(12)22/h2-8,10-11H,9H2,1H3,(H,18,19,20). The van der Waals surface area contributed by atoms with Gasteiger partial charge < -0.3 is 5.32 Å². The van der Waals surface area contributed by atoms with Crippen LogP contribution in [0.1, 0.15) is 5.56 Å². The summed E-state index contributed by atoms with van der Waals surface area (Å²) in [6, 6.07) is 10.7. The average molecular weight is 353 g/mol. The van der Waals surface area contributed by atoms with Crippen molar-refractivity contribution in [3.05, 3.63) is 60.7 Å². The number of sulfone groups is 1. The molecule has 4 aromatic rings. The molecule has 0 unspecified atom stereocenters. The quantitative estimate of drug-likeness (QED) is 0.605. The van der Waals surface area contributed by atoms with Crippen molar-refractivity contribution >= 4 is 32.1 Å². The minimum Gasteiger partial charge on any atom is -0.365 e. The molecule has 0 amide bonds. The number of nitrogens with one attached hydrogen (secondary N) is 1. The maximum absolute atomic E-state index is 11.8. The fourth-order valence-electron chi connectivity index (χ4n) is 2.71. The van der Waals surface area contributed by atoms with E-state index in [1.807, 2.05) is 24.4 Å². The van der Waals surface area contributed by atoms with Gasteiger partial charge in [0.25, 0.3) is 0 Å². The number of nitrogens with zero attached hydrogens (tertiary/aromatic N) is 4. The van der Waals surface area contributed by atoms with Crippen molar-refractivity contribution in [2.45, 2.75) is 11.4 Å². The Bertz CT molecular complexity index is 1180. The van der Waals surface area contributed by atoms with Crippen molar-refractivity contribution in [3.8, 4) is 0 Å². The van der Waals surface area contributed by atoms with Crippen molar-refractivity contribution in [1.82, 2.24) is 19.6 Å². The number of hydrogen-bond acceptors (Lipinski definition) is 6. The Labute approximate surface area is 144 Å². The highest BCUT2D eigenvalue weighted by Crippen LogP contribution is 2.23. The van der Waals surface area contributed by atoms with Crippen LogP contribution in [0, 0.1) is 0 Å². The highest BCUT2D eigenvalue weighted by Gasteiger charge is 2.11. The highest BCUT2D eigenvalue weighted by molar-refractivity contribution is 7.90. The van der Waals surface area contributed by atoms with Crippen LogP contribution in [0.4, 0.5) is 5.82 Å². The Morgan fingerprint density at radius 3 is 2.88 bits per heavy atom. The molecule has 0 saturated heterocycles. The van der Waals surface area contributed by atoms with Gasteiger partial charge in [-0.3, -0.25) is 0 Å². The summed E-state index contributed by atoms with van der Waals surface area (Å²) < 4.78 is 25.4. The number of fused-ring (bicyclic) bond motifs is 2. The fraction of sp³-hybridized carbons (Fsp3) is 0.118. The van der Waals surface area contributed by atoms with Crippen molar-refractivity contribution in [2.24, 2.45) is 0 Å². The number of anilines is 1. The van der Waals surface area contributed by atoms with Gasteiger partial charge in [0.15, 0.2) is 9.84 Å². The first-order valence-corrected chi connectivity index (χ1v) is 9.51. The first-order valence-electron chi connectivity index (χ1n) is 7.62. The van der Waals surface area contributed by atoms with Gasteiger partial charge in [0, 0.05) is 29.9 Å². The van der Waals surface area contributed by atoms with Crippen LogP contribution in [0.3, 0.4) is 0 Å². The molecule has 3 aromatic heterocycles. The predicted octanol–water partition coefficient (Wildman–Crippen LogP) is 2.29. The third-order valence-corrected chi connectivity index (χ3v) is 5.10. The minimum absolute atomic E-state index is 0.244. The molecule has 0 spiro atoms. The molecule has 1 aromatic carbocycles. The van der Waals surface area contributed by atoms with E-state index in [0.717, 1.165) is 11.1 Å². The smallest absolute Gasteiger partial charge is 0.175 e. The lowest BCUT2D eigenvalue weighted by atomic mass is 10.2. The van der Waals surface area contributed by atoms with Gasteiger partial charge in [-0.05, 0) is 30.3 Å². The van der Waals surface area contributed by atoms with E-state index in [2.05, 4.69) is 20.4 Å². The van der Waals surface area contributed by atoms with Gasteiger partial charge in [0.2, 0.25) is 0 Å². The van der Waals surface area contributed by atoms with E-state index >= 15 is 0 Å². The zero-order chi connectivity index (χ0) is 17.4. The maximum Gasteiger partial charge on any atom is 0.175 e. The summed E-state index contributed by atoms with van der Waals surface area (Å²) in [7, 11) is -3.29. The summed E-state index contributed by atoms with van der Waals surface area (Å²) in [6.07, 6.45) is 6.33. The van der Waals surface area contributed by atoms with Gasteiger partial charge in [0.05, 0.1) is 22.1 Å². The van der Waals surface area contributed by atoms with Crippen LogP contribution in [-0.4, -0.2) is 34.3 Å². The molecule has 8 heteroatoms. The maximum atomic E-state index is 11.8. The Hall–Kier alpha value is -3.00. The third kappa shape index (κ3) is 2.91. The number of rotatable bonds is 4. The molecule has 1 N–H and O–H groups in total. The molecule has 0 atom stereocenters. The first kappa shape index (κ1) is 15.5. The highest BCUT2D eigenvalue weighted by atomic mass is 32.2. The largest absolute Gasteiger partial charge is 0.365 e. The number of hydrogen-bond donors (Lipinski definition) is 1. The second kappa shape index (κ2) is 5.82. The average Bonchev–Trinajstić information content (AvgIpc) is 3.02. The molecule has 0 bridgehead atoms. The van der Waals surface area contributed by atoms with E-state index in [0.29, 0.717) is 23.3 Å². The van der Waals surface area contributed by atoms with Gasteiger partial charge in [-0.2, -0.15) is 5.10 Å². The number of benzene rings is 1. The normalized spacial score (nSPS) is 11.9. The SMILES string of the molecule is CS(=O)(=O)c1ccc2ncnc(NCc3cnn4ccccc34)c2c1. The number of aromatic nitrogens is 4. The van der Waals surface area contributed by atoms with Crippen LogP contribution < -0.4 is 5.32 Å². The van der Waals surface area contributed by atoms with Crippen LogP contribution in [0.5, 0.6) is 0 Å². The summed E-state index contributed by atoms with van der Waals surface area (Å²) in [4.78, 5) is 8.71. The van der Waals surface area contributed by atoms with E-state index in [4.69, 9.17) is 0 Å². The van der Waals surface area contributed by atoms with Crippen molar-refractivity contribution < 1.29 is 8.42 Å².